The number of hydrogen-bond acceptors (Lipinski definition) is 0. The summed E-state index contributed by atoms with van der Waals surface area (Å²) in [6.45, 7) is 0. The van der Waals surface area contributed by atoms with Crippen LogP contribution in [0, 0.1) is 0 Å². The van der Waals surface area contributed by atoms with Crippen molar-refractivity contribution >= 4 is 65.2 Å². The summed E-state index contributed by atoms with van der Waals surface area (Å²) in [4.78, 5) is 0. The Labute approximate surface area is 266 Å². The van der Waals surface area contributed by atoms with Crippen LogP contribution in [-0.4, -0.2) is 9.13 Å². The van der Waals surface area contributed by atoms with Crippen LogP contribution < -0.4 is 0 Å². The molecule has 2 heterocycles. The molecule has 0 aliphatic heterocycles. The van der Waals surface area contributed by atoms with Gasteiger partial charge >= 0.3 is 0 Å². The Balaban J connectivity index is 1.21. The van der Waals surface area contributed by atoms with E-state index in [0.717, 1.165) is 0 Å². The third-order valence-corrected chi connectivity index (χ3v) is 9.67. The molecule has 0 amide bonds. The van der Waals surface area contributed by atoms with E-state index in [1.54, 1.807) is 0 Å². The van der Waals surface area contributed by atoms with Crippen molar-refractivity contribution < 1.29 is 0 Å². The monoisotopic (exact) mass is 584 g/mol. The van der Waals surface area contributed by atoms with Crippen LogP contribution in [0.4, 0.5) is 0 Å². The van der Waals surface area contributed by atoms with E-state index in [0.29, 0.717) is 0 Å². The number of benzene rings is 8. The largest absolute Gasteiger partial charge is 0.309 e. The number of para-hydroxylation sites is 3. The van der Waals surface area contributed by atoms with Gasteiger partial charge in [0.25, 0.3) is 0 Å². The lowest BCUT2D eigenvalue weighted by molar-refractivity contribution is 1.18. The van der Waals surface area contributed by atoms with E-state index >= 15 is 0 Å². The predicted molar refractivity (Wildman–Crippen MR) is 196 cm³/mol. The van der Waals surface area contributed by atoms with E-state index < -0.39 is 0 Å². The van der Waals surface area contributed by atoms with E-state index in [2.05, 4.69) is 179 Å². The molecule has 0 atom stereocenters. The van der Waals surface area contributed by atoms with Crippen LogP contribution in [0.15, 0.2) is 170 Å². The average molecular weight is 585 g/mol. The Morgan fingerprint density at radius 2 is 0.848 bits per heavy atom. The molecule has 2 aromatic heterocycles. The second-order valence-corrected chi connectivity index (χ2v) is 12.2. The molecule has 214 valence electrons. The summed E-state index contributed by atoms with van der Waals surface area (Å²) < 4.78 is 4.80. The highest BCUT2D eigenvalue weighted by atomic mass is 15.0. The molecule has 46 heavy (non-hydrogen) atoms. The average Bonchev–Trinajstić information content (AvgIpc) is 3.64. The maximum Gasteiger partial charge on any atom is 0.0547 e. The molecule has 0 saturated carbocycles. The minimum Gasteiger partial charge on any atom is -0.309 e. The molecular weight excluding hydrogens is 556 g/mol. The van der Waals surface area contributed by atoms with Crippen molar-refractivity contribution in [3.05, 3.63) is 170 Å². The molecule has 0 aliphatic rings. The molecule has 0 aliphatic carbocycles. The number of nitrogens with zero attached hydrogens (tertiary/aromatic N) is 2. The molecule has 0 fully saturated rings. The number of rotatable bonds is 3. The lowest BCUT2D eigenvalue weighted by Gasteiger charge is -2.10. The first-order valence-corrected chi connectivity index (χ1v) is 15.9. The Morgan fingerprint density at radius 1 is 0.283 bits per heavy atom. The van der Waals surface area contributed by atoms with Crippen LogP contribution in [-0.2, 0) is 0 Å². The second-order valence-electron chi connectivity index (χ2n) is 12.2. The Hall–Kier alpha value is -6.12. The Kier molecular flexibility index (Phi) is 5.31. The van der Waals surface area contributed by atoms with E-state index in [9.17, 15) is 0 Å². The van der Waals surface area contributed by atoms with E-state index in [-0.39, 0.29) is 0 Å². The van der Waals surface area contributed by atoms with E-state index in [1.165, 1.54) is 87.7 Å². The van der Waals surface area contributed by atoms with Gasteiger partial charge in [0.1, 0.15) is 0 Å². The summed E-state index contributed by atoms with van der Waals surface area (Å²) in [5.41, 5.74) is 9.70. The van der Waals surface area contributed by atoms with Gasteiger partial charge in [-0.2, -0.15) is 0 Å². The van der Waals surface area contributed by atoms with E-state index in [1.807, 2.05) is 0 Å². The molecule has 2 nitrogen and oxygen atoms in total. The van der Waals surface area contributed by atoms with Crippen LogP contribution in [0.1, 0.15) is 0 Å². The summed E-state index contributed by atoms with van der Waals surface area (Å²) in [6, 6.07) is 62.0. The number of hydrogen-bond donors (Lipinski definition) is 0. The zero-order valence-corrected chi connectivity index (χ0v) is 25.1. The lowest BCUT2D eigenvalue weighted by Crippen LogP contribution is -1.93. The van der Waals surface area contributed by atoms with Gasteiger partial charge in [-0.05, 0) is 93.3 Å². The van der Waals surface area contributed by atoms with Crippen molar-refractivity contribution in [3.8, 4) is 22.5 Å². The molecular formula is C44H28N2. The van der Waals surface area contributed by atoms with Gasteiger partial charge in [0.2, 0.25) is 0 Å². The van der Waals surface area contributed by atoms with E-state index in [4.69, 9.17) is 0 Å². The smallest absolute Gasteiger partial charge is 0.0547 e. The minimum atomic E-state index is 1.18. The van der Waals surface area contributed by atoms with Crippen molar-refractivity contribution in [2.75, 3.05) is 0 Å². The molecule has 0 bridgehead atoms. The first-order valence-electron chi connectivity index (χ1n) is 15.9. The quantitative estimate of drug-likeness (QED) is 0.195. The fourth-order valence-electron chi connectivity index (χ4n) is 7.57. The van der Waals surface area contributed by atoms with Crippen LogP contribution in [0.3, 0.4) is 0 Å². The maximum absolute atomic E-state index is 2.42. The molecule has 0 spiro atoms. The third kappa shape index (κ3) is 3.65. The molecule has 10 rings (SSSR count). The van der Waals surface area contributed by atoms with Gasteiger partial charge in [0, 0.05) is 32.9 Å². The highest BCUT2D eigenvalue weighted by Crippen LogP contribution is 2.40. The highest BCUT2D eigenvalue weighted by molar-refractivity contribution is 6.22. The molecule has 0 unspecified atom stereocenters. The van der Waals surface area contributed by atoms with Crippen molar-refractivity contribution in [2.24, 2.45) is 0 Å². The predicted octanol–water partition coefficient (Wildman–Crippen LogP) is 11.9. The van der Waals surface area contributed by atoms with Crippen molar-refractivity contribution in [2.45, 2.75) is 0 Å². The molecule has 10 aromatic rings. The highest BCUT2D eigenvalue weighted by Gasteiger charge is 2.17. The lowest BCUT2D eigenvalue weighted by atomic mass is 9.97. The van der Waals surface area contributed by atoms with Gasteiger partial charge in [0.05, 0.1) is 22.1 Å². The molecule has 2 heteroatoms. The summed E-state index contributed by atoms with van der Waals surface area (Å²) >= 11 is 0. The second kappa shape index (κ2) is 9.69. The minimum absolute atomic E-state index is 1.18. The molecule has 0 saturated heterocycles. The Morgan fingerprint density at radius 3 is 1.70 bits per heavy atom. The fraction of sp³-hybridized carbons (Fsp3) is 0. The zero-order chi connectivity index (χ0) is 30.2. The van der Waals surface area contributed by atoms with Gasteiger partial charge < -0.3 is 9.13 Å². The number of fused-ring (bicyclic) bond motifs is 9. The zero-order valence-electron chi connectivity index (χ0n) is 25.1. The summed E-state index contributed by atoms with van der Waals surface area (Å²) in [7, 11) is 0. The number of aromatic nitrogens is 2. The van der Waals surface area contributed by atoms with Gasteiger partial charge in [-0.3, -0.25) is 0 Å². The van der Waals surface area contributed by atoms with Gasteiger partial charge in [-0.25, -0.2) is 0 Å². The van der Waals surface area contributed by atoms with Crippen LogP contribution in [0.25, 0.3) is 87.7 Å². The fourth-order valence-corrected chi connectivity index (χ4v) is 7.57. The topological polar surface area (TPSA) is 9.86 Å². The van der Waals surface area contributed by atoms with Crippen molar-refractivity contribution in [3.63, 3.8) is 0 Å². The SMILES string of the molecule is c1ccc(-n2c3ccccc3c3cc(-c4ccc5ccc6c(c5c4)c4ccccc4n6-c4ccc5ccccc5c4)ccc32)cc1. The first kappa shape index (κ1) is 25.2. The van der Waals surface area contributed by atoms with Gasteiger partial charge in [0.15, 0.2) is 0 Å². The first-order chi connectivity index (χ1) is 22.8. The third-order valence-electron chi connectivity index (χ3n) is 9.67. The standard InChI is InChI=1S/C44H28N2/c1-2-12-34(13-3-1)45-40-16-8-6-14-36(40)39-28-33(22-24-42(39)45)32-19-18-30-21-25-43-44(38(30)27-32)37-15-7-9-17-41(37)46(43)35-23-20-29-10-4-5-11-31(29)26-35/h1-28H. The molecule has 8 aromatic carbocycles. The summed E-state index contributed by atoms with van der Waals surface area (Å²) in [5.74, 6) is 0. The van der Waals surface area contributed by atoms with Gasteiger partial charge in [-0.1, -0.05) is 109 Å². The molecule has 0 N–H and O–H groups in total. The van der Waals surface area contributed by atoms with Gasteiger partial charge in [-0.15, -0.1) is 0 Å². The van der Waals surface area contributed by atoms with Crippen molar-refractivity contribution in [1.82, 2.24) is 9.13 Å². The summed E-state index contributed by atoms with van der Waals surface area (Å²) in [5, 5.41) is 10.1. The van der Waals surface area contributed by atoms with Crippen molar-refractivity contribution in [1.29, 1.82) is 0 Å². The van der Waals surface area contributed by atoms with Crippen LogP contribution >= 0.6 is 0 Å². The molecule has 0 radical (unpaired) electrons. The van der Waals surface area contributed by atoms with Crippen LogP contribution in [0.5, 0.6) is 0 Å². The summed E-state index contributed by atoms with van der Waals surface area (Å²) in [6.07, 6.45) is 0. The van der Waals surface area contributed by atoms with Crippen LogP contribution in [0.2, 0.25) is 0 Å². The normalized spacial score (nSPS) is 11.9. The maximum atomic E-state index is 2.42. The Bertz CT molecular complexity index is 2800.